The summed E-state index contributed by atoms with van der Waals surface area (Å²) in [5.41, 5.74) is 0.242. The van der Waals surface area contributed by atoms with Crippen LogP contribution in [0.5, 0.6) is 5.75 Å². The fourth-order valence-electron chi connectivity index (χ4n) is 1.09. The van der Waals surface area contributed by atoms with Crippen LogP contribution in [0, 0.1) is 0 Å². The van der Waals surface area contributed by atoms with E-state index in [0.29, 0.717) is 5.75 Å². The molecule has 0 heterocycles. The highest BCUT2D eigenvalue weighted by molar-refractivity contribution is 9.10. The van der Waals surface area contributed by atoms with E-state index in [-0.39, 0.29) is 5.56 Å². The third-order valence-corrected chi connectivity index (χ3v) is 2.33. The molecule has 1 amide bonds. The number of carbonyl (C=O) groups is 2. The van der Waals surface area contributed by atoms with Crippen LogP contribution in [-0.2, 0) is 4.79 Å². The monoisotopic (exact) mass is 271 g/mol. The summed E-state index contributed by atoms with van der Waals surface area (Å²) in [6.07, 6.45) is 0. The topological polar surface area (TPSA) is 55.4 Å². The zero-order valence-electron chi connectivity index (χ0n) is 8.33. The molecule has 0 radical (unpaired) electrons. The van der Waals surface area contributed by atoms with Crippen molar-refractivity contribution in [2.45, 2.75) is 0 Å². The number of likely N-dealkylation sites (N-methyl/N-ethyl adjacent to an activating group) is 1. The van der Waals surface area contributed by atoms with Crippen LogP contribution in [0.1, 0.15) is 10.4 Å². The van der Waals surface area contributed by atoms with E-state index in [1.54, 1.807) is 18.2 Å². The summed E-state index contributed by atoms with van der Waals surface area (Å²) in [5, 5.41) is 2.27. The highest BCUT2D eigenvalue weighted by Crippen LogP contribution is 2.23. The lowest BCUT2D eigenvalue weighted by molar-refractivity contribution is -0.116. The Morgan fingerprint density at radius 2 is 2.07 bits per heavy atom. The molecule has 0 unspecified atom stereocenters. The molecule has 0 aliphatic rings. The number of amides is 1. The summed E-state index contributed by atoms with van der Waals surface area (Å²) in [5.74, 6) is -0.895. The van der Waals surface area contributed by atoms with E-state index in [2.05, 4.69) is 21.2 Å². The van der Waals surface area contributed by atoms with Crippen molar-refractivity contribution in [2.75, 3.05) is 14.2 Å². The number of ether oxygens (including phenoxy) is 1. The van der Waals surface area contributed by atoms with Crippen molar-refractivity contribution in [3.8, 4) is 5.75 Å². The molecule has 5 heteroatoms. The molecule has 0 saturated heterocycles. The normalized spacial score (nSPS) is 9.53. The van der Waals surface area contributed by atoms with Gasteiger partial charge in [0.2, 0.25) is 0 Å². The number of hydrogen-bond donors (Lipinski definition) is 1. The third kappa shape index (κ3) is 2.56. The van der Waals surface area contributed by atoms with E-state index < -0.39 is 11.7 Å². The van der Waals surface area contributed by atoms with E-state index in [1.807, 2.05) is 0 Å². The van der Waals surface area contributed by atoms with Gasteiger partial charge in [-0.05, 0) is 18.2 Å². The molecule has 0 aromatic heterocycles. The highest BCUT2D eigenvalue weighted by atomic mass is 79.9. The van der Waals surface area contributed by atoms with Gasteiger partial charge in [0, 0.05) is 11.5 Å². The Morgan fingerprint density at radius 3 is 2.60 bits per heavy atom. The van der Waals surface area contributed by atoms with E-state index in [4.69, 9.17) is 4.74 Å². The molecule has 1 rings (SSSR count). The molecule has 0 fully saturated rings. The van der Waals surface area contributed by atoms with Gasteiger partial charge >= 0.3 is 0 Å². The molecule has 0 bridgehead atoms. The minimum Gasteiger partial charge on any atom is -0.496 e. The highest BCUT2D eigenvalue weighted by Gasteiger charge is 2.19. The Hall–Kier alpha value is -1.36. The maximum Gasteiger partial charge on any atom is 0.292 e. The fraction of sp³-hybridized carbons (Fsp3) is 0.200. The lowest BCUT2D eigenvalue weighted by atomic mass is 10.1. The Balaban J connectivity index is 3.17. The SMILES string of the molecule is CNC(=O)C(=O)c1cc(Br)ccc1OC. The van der Waals surface area contributed by atoms with Crippen molar-refractivity contribution in [1.82, 2.24) is 5.32 Å². The molecular formula is C10H10BrNO3. The largest absolute Gasteiger partial charge is 0.496 e. The van der Waals surface area contributed by atoms with Gasteiger partial charge in [-0.25, -0.2) is 0 Å². The Bertz CT molecular complexity index is 404. The summed E-state index contributed by atoms with van der Waals surface area (Å²) < 4.78 is 5.71. The van der Waals surface area contributed by atoms with Crippen LogP contribution in [0.4, 0.5) is 0 Å². The van der Waals surface area contributed by atoms with Gasteiger partial charge in [0.05, 0.1) is 12.7 Å². The summed E-state index contributed by atoms with van der Waals surface area (Å²) in [4.78, 5) is 22.8. The number of carbonyl (C=O) groups excluding carboxylic acids is 2. The zero-order valence-corrected chi connectivity index (χ0v) is 9.92. The molecule has 80 valence electrons. The zero-order chi connectivity index (χ0) is 11.4. The Labute approximate surface area is 95.7 Å². The molecule has 1 aromatic carbocycles. The number of hydrogen-bond acceptors (Lipinski definition) is 3. The first-order chi connectivity index (χ1) is 7.10. The minimum atomic E-state index is -0.661. The average Bonchev–Trinajstić information content (AvgIpc) is 2.27. The lowest BCUT2D eigenvalue weighted by Crippen LogP contribution is -2.27. The average molecular weight is 272 g/mol. The maximum atomic E-state index is 11.6. The van der Waals surface area contributed by atoms with Crippen molar-refractivity contribution in [2.24, 2.45) is 0 Å². The van der Waals surface area contributed by atoms with Gasteiger partial charge in [-0.15, -0.1) is 0 Å². The second-order valence-corrected chi connectivity index (χ2v) is 3.67. The van der Waals surface area contributed by atoms with Crippen LogP contribution in [0.2, 0.25) is 0 Å². The first-order valence-corrected chi connectivity index (χ1v) is 4.99. The Kier molecular flexibility index (Phi) is 3.85. The summed E-state index contributed by atoms with van der Waals surface area (Å²) >= 11 is 3.23. The van der Waals surface area contributed by atoms with Crippen LogP contribution in [0.3, 0.4) is 0 Å². The number of rotatable bonds is 3. The van der Waals surface area contributed by atoms with Crippen molar-refractivity contribution < 1.29 is 14.3 Å². The molecule has 1 N–H and O–H groups in total. The lowest BCUT2D eigenvalue weighted by Gasteiger charge is -2.06. The number of methoxy groups -OCH3 is 1. The van der Waals surface area contributed by atoms with E-state index in [0.717, 1.165) is 4.47 Å². The number of nitrogens with one attached hydrogen (secondary N) is 1. The fourth-order valence-corrected chi connectivity index (χ4v) is 1.45. The van der Waals surface area contributed by atoms with Crippen LogP contribution in [-0.4, -0.2) is 25.8 Å². The molecule has 4 nitrogen and oxygen atoms in total. The van der Waals surface area contributed by atoms with Crippen molar-refractivity contribution >= 4 is 27.6 Å². The predicted octanol–water partition coefficient (Wildman–Crippen LogP) is 1.39. The molecular weight excluding hydrogens is 262 g/mol. The number of halogens is 1. The van der Waals surface area contributed by atoms with Gasteiger partial charge < -0.3 is 10.1 Å². The van der Waals surface area contributed by atoms with Gasteiger partial charge in [0.25, 0.3) is 11.7 Å². The summed E-state index contributed by atoms with van der Waals surface area (Å²) in [6, 6.07) is 4.91. The predicted molar refractivity (Wildman–Crippen MR) is 59.1 cm³/mol. The molecule has 15 heavy (non-hydrogen) atoms. The minimum absolute atomic E-state index is 0.242. The summed E-state index contributed by atoms with van der Waals surface area (Å²) in [6.45, 7) is 0. The van der Waals surface area contributed by atoms with Gasteiger partial charge in [-0.2, -0.15) is 0 Å². The van der Waals surface area contributed by atoms with E-state index >= 15 is 0 Å². The van der Waals surface area contributed by atoms with Crippen molar-refractivity contribution in [3.05, 3.63) is 28.2 Å². The smallest absolute Gasteiger partial charge is 0.292 e. The van der Waals surface area contributed by atoms with E-state index in [1.165, 1.54) is 14.2 Å². The summed E-state index contributed by atoms with van der Waals surface area (Å²) in [7, 11) is 2.86. The van der Waals surface area contributed by atoms with Crippen LogP contribution in [0.15, 0.2) is 22.7 Å². The second-order valence-electron chi connectivity index (χ2n) is 2.75. The second kappa shape index (κ2) is 4.93. The third-order valence-electron chi connectivity index (χ3n) is 1.84. The van der Waals surface area contributed by atoms with Crippen LogP contribution >= 0.6 is 15.9 Å². The quantitative estimate of drug-likeness (QED) is 0.668. The first kappa shape index (κ1) is 11.7. The Morgan fingerprint density at radius 1 is 1.40 bits per heavy atom. The number of ketones is 1. The van der Waals surface area contributed by atoms with Gasteiger partial charge in [-0.3, -0.25) is 9.59 Å². The first-order valence-electron chi connectivity index (χ1n) is 4.20. The number of benzene rings is 1. The van der Waals surface area contributed by atoms with Crippen molar-refractivity contribution in [1.29, 1.82) is 0 Å². The van der Waals surface area contributed by atoms with Crippen LogP contribution < -0.4 is 10.1 Å². The van der Waals surface area contributed by atoms with Gasteiger partial charge in [0.1, 0.15) is 5.75 Å². The molecule has 0 atom stereocenters. The molecule has 0 aliphatic heterocycles. The maximum absolute atomic E-state index is 11.6. The molecule has 1 aromatic rings. The molecule has 0 aliphatic carbocycles. The molecule has 0 saturated carbocycles. The van der Waals surface area contributed by atoms with Gasteiger partial charge in [-0.1, -0.05) is 15.9 Å². The number of Topliss-reactive ketones (excluding diaryl/α,β-unsaturated/α-hetero) is 1. The van der Waals surface area contributed by atoms with Crippen molar-refractivity contribution in [3.63, 3.8) is 0 Å². The van der Waals surface area contributed by atoms with Gasteiger partial charge in [0.15, 0.2) is 0 Å². The van der Waals surface area contributed by atoms with E-state index in [9.17, 15) is 9.59 Å². The molecule has 0 spiro atoms. The van der Waals surface area contributed by atoms with Crippen LogP contribution in [0.25, 0.3) is 0 Å². The standard InChI is InChI=1S/C10H10BrNO3/c1-12-10(14)9(13)7-5-6(11)3-4-8(7)15-2/h3-5H,1-2H3,(H,12,14).